The summed E-state index contributed by atoms with van der Waals surface area (Å²) in [5, 5.41) is 3.40. The van der Waals surface area contributed by atoms with E-state index in [0.717, 1.165) is 25.4 Å². The van der Waals surface area contributed by atoms with Crippen LogP contribution in [0, 0.1) is 0 Å². The molecule has 2 fully saturated rings. The lowest BCUT2D eigenvalue weighted by Gasteiger charge is -2.26. The van der Waals surface area contributed by atoms with Crippen LogP contribution in [0.4, 0.5) is 0 Å². The molecule has 0 radical (unpaired) electrons. The zero-order valence-corrected chi connectivity index (χ0v) is 11.8. The third-order valence-electron chi connectivity index (χ3n) is 4.54. The van der Waals surface area contributed by atoms with E-state index in [0.29, 0.717) is 0 Å². The summed E-state index contributed by atoms with van der Waals surface area (Å²) in [6, 6.07) is 0. The fourth-order valence-electron chi connectivity index (χ4n) is 3.35. The van der Waals surface area contributed by atoms with Crippen molar-refractivity contribution in [1.29, 1.82) is 0 Å². The Kier molecular flexibility index (Phi) is 4.51. The molecule has 0 unspecified atom stereocenters. The maximum atomic E-state index is 4.56. The maximum Gasteiger partial charge on any atom is 0.106 e. The molecule has 4 heteroatoms. The molecule has 0 amide bonds. The normalized spacial score (nSPS) is 22.1. The van der Waals surface area contributed by atoms with Crippen molar-refractivity contribution in [2.45, 2.75) is 44.4 Å². The van der Waals surface area contributed by atoms with Gasteiger partial charge in [0.05, 0.1) is 0 Å². The Morgan fingerprint density at radius 1 is 1.21 bits per heavy atom. The van der Waals surface area contributed by atoms with Crippen molar-refractivity contribution in [2.24, 2.45) is 0 Å². The summed E-state index contributed by atoms with van der Waals surface area (Å²) in [6.07, 6.45) is 9.87. The summed E-state index contributed by atoms with van der Waals surface area (Å²) in [4.78, 5) is 10.7. The molecule has 0 spiro atoms. The minimum absolute atomic E-state index is 0.759. The van der Waals surface area contributed by atoms with E-state index in [2.05, 4.69) is 26.4 Å². The van der Waals surface area contributed by atoms with Gasteiger partial charge >= 0.3 is 0 Å². The van der Waals surface area contributed by atoms with Crippen LogP contribution in [0.1, 0.15) is 49.5 Å². The number of rotatable bonds is 5. The van der Waals surface area contributed by atoms with Crippen LogP contribution in [0.2, 0.25) is 0 Å². The van der Waals surface area contributed by atoms with Gasteiger partial charge in [-0.15, -0.1) is 0 Å². The Hall–Kier alpha value is -0.870. The fraction of sp³-hybridized carbons (Fsp3) is 0.800. The number of hydrogen-bond acceptors (Lipinski definition) is 3. The average Bonchev–Trinajstić information content (AvgIpc) is 3.10. The Balaban J connectivity index is 1.42. The topological polar surface area (TPSA) is 44.0 Å². The monoisotopic (exact) mass is 262 g/mol. The summed E-state index contributed by atoms with van der Waals surface area (Å²) < 4.78 is 0. The third-order valence-corrected chi connectivity index (χ3v) is 4.54. The van der Waals surface area contributed by atoms with Gasteiger partial charge in [0.15, 0.2) is 0 Å². The van der Waals surface area contributed by atoms with Crippen LogP contribution in [-0.4, -0.2) is 47.6 Å². The zero-order chi connectivity index (χ0) is 12.9. The van der Waals surface area contributed by atoms with Crippen LogP contribution < -0.4 is 5.32 Å². The highest BCUT2D eigenvalue weighted by Gasteiger charge is 2.18. The lowest BCUT2D eigenvalue weighted by Crippen LogP contribution is -2.43. The Bertz CT molecular complexity index is 375. The van der Waals surface area contributed by atoms with Gasteiger partial charge in [-0.2, -0.15) is 0 Å². The van der Waals surface area contributed by atoms with Crippen LogP contribution in [0.15, 0.2) is 6.20 Å². The van der Waals surface area contributed by atoms with E-state index in [1.807, 2.05) is 0 Å². The summed E-state index contributed by atoms with van der Waals surface area (Å²) >= 11 is 0. The molecular formula is C15H26N4. The highest BCUT2D eigenvalue weighted by atomic mass is 15.2. The number of aromatic nitrogens is 2. The molecule has 1 saturated carbocycles. The quantitative estimate of drug-likeness (QED) is 0.852. The molecule has 1 aliphatic carbocycles. The lowest BCUT2D eigenvalue weighted by molar-refractivity contribution is 0.238. The van der Waals surface area contributed by atoms with Crippen molar-refractivity contribution in [2.75, 3.05) is 32.7 Å². The summed E-state index contributed by atoms with van der Waals surface area (Å²) in [7, 11) is 0. The lowest BCUT2D eigenvalue weighted by atomic mass is 10.1. The highest BCUT2D eigenvalue weighted by Crippen LogP contribution is 2.32. The second-order valence-corrected chi connectivity index (χ2v) is 5.96. The van der Waals surface area contributed by atoms with Gasteiger partial charge < -0.3 is 15.2 Å². The standard InChI is InChI=1S/C15H26N4/c1-2-5-13(4-1)14-12-17-15(18-14)6-3-9-19-10-7-16-8-11-19/h12-13,16H,1-11H2,(H,17,18). The number of hydrogen-bond donors (Lipinski definition) is 2. The molecule has 1 aromatic rings. The SMILES string of the molecule is c1nc(CCCN2CCNCC2)[nH]c1C1CCCC1. The van der Waals surface area contributed by atoms with Gasteiger partial charge in [-0.1, -0.05) is 12.8 Å². The number of nitrogens with zero attached hydrogens (tertiary/aromatic N) is 2. The predicted octanol–water partition coefficient (Wildman–Crippen LogP) is 1.91. The van der Waals surface area contributed by atoms with Gasteiger partial charge in [0.25, 0.3) is 0 Å². The Morgan fingerprint density at radius 3 is 2.79 bits per heavy atom. The van der Waals surface area contributed by atoms with E-state index in [9.17, 15) is 0 Å². The van der Waals surface area contributed by atoms with Crippen LogP contribution in [0.5, 0.6) is 0 Å². The number of aryl methyl sites for hydroxylation is 1. The van der Waals surface area contributed by atoms with Crippen molar-refractivity contribution in [1.82, 2.24) is 20.2 Å². The van der Waals surface area contributed by atoms with Crippen LogP contribution in [-0.2, 0) is 6.42 Å². The van der Waals surface area contributed by atoms with Crippen molar-refractivity contribution < 1.29 is 0 Å². The molecule has 0 aromatic carbocycles. The van der Waals surface area contributed by atoms with E-state index in [-0.39, 0.29) is 0 Å². The average molecular weight is 262 g/mol. The molecule has 0 bridgehead atoms. The molecule has 0 atom stereocenters. The molecule has 1 aromatic heterocycles. The fourth-order valence-corrected chi connectivity index (χ4v) is 3.35. The van der Waals surface area contributed by atoms with Crippen molar-refractivity contribution in [3.63, 3.8) is 0 Å². The minimum Gasteiger partial charge on any atom is -0.346 e. The van der Waals surface area contributed by atoms with E-state index >= 15 is 0 Å². The van der Waals surface area contributed by atoms with Gasteiger partial charge in [0, 0.05) is 50.4 Å². The molecule has 1 aliphatic heterocycles. The van der Waals surface area contributed by atoms with Crippen LogP contribution in [0.25, 0.3) is 0 Å². The minimum atomic E-state index is 0.759. The van der Waals surface area contributed by atoms with Gasteiger partial charge in [-0.25, -0.2) is 4.98 Å². The summed E-state index contributed by atoms with van der Waals surface area (Å²) in [5.41, 5.74) is 1.38. The molecule has 2 N–H and O–H groups in total. The van der Waals surface area contributed by atoms with E-state index in [1.165, 1.54) is 63.3 Å². The number of H-pyrrole nitrogens is 1. The zero-order valence-electron chi connectivity index (χ0n) is 11.8. The Morgan fingerprint density at radius 2 is 2.00 bits per heavy atom. The van der Waals surface area contributed by atoms with Gasteiger partial charge in [0.2, 0.25) is 0 Å². The maximum absolute atomic E-state index is 4.56. The highest BCUT2D eigenvalue weighted by molar-refractivity contribution is 5.09. The first kappa shape index (κ1) is 13.1. The molecular weight excluding hydrogens is 236 g/mol. The molecule has 2 aliphatic rings. The number of imidazole rings is 1. The number of piperazine rings is 1. The van der Waals surface area contributed by atoms with E-state index in [1.54, 1.807) is 0 Å². The van der Waals surface area contributed by atoms with Gasteiger partial charge in [0.1, 0.15) is 5.82 Å². The number of aromatic amines is 1. The van der Waals surface area contributed by atoms with Crippen molar-refractivity contribution in [3.8, 4) is 0 Å². The molecule has 4 nitrogen and oxygen atoms in total. The molecule has 2 heterocycles. The van der Waals surface area contributed by atoms with E-state index < -0.39 is 0 Å². The summed E-state index contributed by atoms with van der Waals surface area (Å²) in [6.45, 7) is 5.90. The second-order valence-electron chi connectivity index (χ2n) is 5.96. The molecule has 3 rings (SSSR count). The molecule has 19 heavy (non-hydrogen) atoms. The smallest absolute Gasteiger partial charge is 0.106 e. The Labute approximate surface area is 116 Å². The molecule has 106 valence electrons. The largest absolute Gasteiger partial charge is 0.346 e. The second kappa shape index (κ2) is 6.53. The van der Waals surface area contributed by atoms with Crippen molar-refractivity contribution >= 4 is 0 Å². The van der Waals surface area contributed by atoms with Gasteiger partial charge in [-0.05, 0) is 25.8 Å². The first-order valence-corrected chi connectivity index (χ1v) is 7.88. The molecule has 1 saturated heterocycles. The third kappa shape index (κ3) is 3.57. The number of nitrogens with one attached hydrogen (secondary N) is 2. The van der Waals surface area contributed by atoms with Crippen molar-refractivity contribution in [3.05, 3.63) is 17.7 Å². The van der Waals surface area contributed by atoms with Crippen LogP contribution >= 0.6 is 0 Å². The van der Waals surface area contributed by atoms with Crippen LogP contribution in [0.3, 0.4) is 0 Å². The first-order valence-electron chi connectivity index (χ1n) is 7.88. The summed E-state index contributed by atoms with van der Waals surface area (Å²) in [5.74, 6) is 1.95. The van der Waals surface area contributed by atoms with Gasteiger partial charge in [-0.3, -0.25) is 0 Å². The van der Waals surface area contributed by atoms with E-state index in [4.69, 9.17) is 0 Å². The first-order chi connectivity index (χ1) is 9.42. The predicted molar refractivity (Wildman–Crippen MR) is 77.4 cm³/mol.